The van der Waals surface area contributed by atoms with E-state index < -0.39 is 0 Å². The first-order valence-electron chi connectivity index (χ1n) is 11.2. The van der Waals surface area contributed by atoms with Gasteiger partial charge in [-0.3, -0.25) is 0 Å². The fraction of sp³-hybridized carbons (Fsp3) is 0.370. The molecule has 1 heterocycles. The van der Waals surface area contributed by atoms with Crippen LogP contribution in [0.4, 0.5) is 10.5 Å². The molecule has 1 atom stereocenters. The summed E-state index contributed by atoms with van der Waals surface area (Å²) < 4.78 is 2.24. The van der Waals surface area contributed by atoms with Crippen molar-refractivity contribution in [3.8, 4) is 0 Å². The predicted octanol–water partition coefficient (Wildman–Crippen LogP) is 6.49. The highest BCUT2D eigenvalue weighted by molar-refractivity contribution is 5.89. The molecule has 1 aromatic heterocycles. The zero-order chi connectivity index (χ0) is 22.4. The van der Waals surface area contributed by atoms with Crippen LogP contribution in [0, 0.1) is 12.8 Å². The molecule has 1 N–H and O–H groups in total. The number of urea groups is 1. The van der Waals surface area contributed by atoms with E-state index in [-0.39, 0.29) is 12.1 Å². The van der Waals surface area contributed by atoms with E-state index in [1.54, 1.807) is 0 Å². The van der Waals surface area contributed by atoms with Gasteiger partial charge in [0.15, 0.2) is 0 Å². The summed E-state index contributed by atoms with van der Waals surface area (Å²) in [7, 11) is 0. The lowest BCUT2D eigenvalue weighted by Crippen LogP contribution is -2.43. The Morgan fingerprint density at radius 1 is 1.00 bits per heavy atom. The van der Waals surface area contributed by atoms with Gasteiger partial charge < -0.3 is 14.8 Å². The summed E-state index contributed by atoms with van der Waals surface area (Å²) in [5, 5.41) is 3.12. The number of nitrogens with zero attached hydrogens (tertiary/aromatic N) is 2. The van der Waals surface area contributed by atoms with Crippen molar-refractivity contribution in [2.24, 2.45) is 5.92 Å². The van der Waals surface area contributed by atoms with Crippen LogP contribution in [0.5, 0.6) is 0 Å². The number of anilines is 1. The van der Waals surface area contributed by atoms with Crippen LogP contribution in [-0.4, -0.2) is 21.5 Å². The normalized spacial score (nSPS) is 12.1. The van der Waals surface area contributed by atoms with Crippen molar-refractivity contribution in [2.75, 3.05) is 5.32 Å². The van der Waals surface area contributed by atoms with E-state index in [1.807, 2.05) is 17.0 Å². The molecule has 0 spiro atoms. The minimum Gasteiger partial charge on any atom is -0.345 e. The third-order valence-corrected chi connectivity index (χ3v) is 6.00. The molecule has 0 aliphatic carbocycles. The number of benzene rings is 2. The van der Waals surface area contributed by atoms with Gasteiger partial charge in [-0.15, -0.1) is 0 Å². The number of aryl methyl sites for hydroxylation is 2. The zero-order valence-corrected chi connectivity index (χ0v) is 19.4. The van der Waals surface area contributed by atoms with Gasteiger partial charge >= 0.3 is 6.03 Å². The van der Waals surface area contributed by atoms with Gasteiger partial charge in [0.2, 0.25) is 0 Å². The Morgan fingerprint density at radius 3 is 2.45 bits per heavy atom. The SMILES string of the molecule is CCc1cccc(NC(=O)N(Cc2cccn2Cc2cccc(C)c2)C(C)C(C)C)c1. The van der Waals surface area contributed by atoms with Crippen molar-refractivity contribution in [3.63, 3.8) is 0 Å². The summed E-state index contributed by atoms with van der Waals surface area (Å²) >= 11 is 0. The molecule has 4 heteroatoms. The lowest BCUT2D eigenvalue weighted by Gasteiger charge is -2.32. The summed E-state index contributed by atoms with van der Waals surface area (Å²) in [6.07, 6.45) is 3.04. The maximum absolute atomic E-state index is 13.3. The van der Waals surface area contributed by atoms with Gasteiger partial charge in [-0.05, 0) is 61.6 Å². The molecule has 2 aromatic carbocycles. The maximum Gasteiger partial charge on any atom is 0.322 e. The topological polar surface area (TPSA) is 37.3 Å². The minimum atomic E-state index is -0.0576. The molecule has 0 saturated carbocycles. The van der Waals surface area contributed by atoms with Gasteiger partial charge in [0, 0.05) is 30.2 Å². The molecule has 164 valence electrons. The quantitative estimate of drug-likeness (QED) is 0.447. The van der Waals surface area contributed by atoms with Crippen LogP contribution in [-0.2, 0) is 19.5 Å². The van der Waals surface area contributed by atoms with Crippen molar-refractivity contribution in [2.45, 2.75) is 60.2 Å². The molecule has 4 nitrogen and oxygen atoms in total. The lowest BCUT2D eigenvalue weighted by atomic mass is 10.0. The van der Waals surface area contributed by atoms with Crippen LogP contribution < -0.4 is 5.32 Å². The molecular formula is C27H35N3O. The highest BCUT2D eigenvalue weighted by Gasteiger charge is 2.24. The molecule has 2 amide bonds. The third kappa shape index (κ3) is 6.00. The number of carbonyl (C=O) groups excluding carboxylic acids is 1. The van der Waals surface area contributed by atoms with Crippen LogP contribution in [0.15, 0.2) is 66.9 Å². The zero-order valence-electron chi connectivity index (χ0n) is 19.4. The highest BCUT2D eigenvalue weighted by Crippen LogP contribution is 2.19. The van der Waals surface area contributed by atoms with Crippen molar-refractivity contribution in [3.05, 3.63) is 89.2 Å². The number of aromatic nitrogens is 1. The number of carbonyl (C=O) groups is 1. The van der Waals surface area contributed by atoms with Gasteiger partial charge in [0.05, 0.1) is 6.54 Å². The Labute approximate surface area is 186 Å². The largest absolute Gasteiger partial charge is 0.345 e. The molecule has 1 unspecified atom stereocenters. The molecule has 0 aliphatic rings. The molecule has 3 rings (SSSR count). The van der Waals surface area contributed by atoms with E-state index in [2.05, 4.69) is 99.2 Å². The fourth-order valence-corrected chi connectivity index (χ4v) is 3.75. The Balaban J connectivity index is 1.80. The average molecular weight is 418 g/mol. The average Bonchev–Trinajstić information content (AvgIpc) is 3.18. The molecule has 0 saturated heterocycles. The lowest BCUT2D eigenvalue weighted by molar-refractivity contribution is 0.168. The van der Waals surface area contributed by atoms with E-state index in [0.29, 0.717) is 12.5 Å². The van der Waals surface area contributed by atoms with Crippen LogP contribution in [0.25, 0.3) is 0 Å². The van der Waals surface area contributed by atoms with Gasteiger partial charge in [0.1, 0.15) is 0 Å². The number of hydrogen-bond donors (Lipinski definition) is 1. The second-order valence-electron chi connectivity index (χ2n) is 8.71. The van der Waals surface area contributed by atoms with Crippen molar-refractivity contribution >= 4 is 11.7 Å². The predicted molar refractivity (Wildman–Crippen MR) is 129 cm³/mol. The third-order valence-electron chi connectivity index (χ3n) is 6.00. The van der Waals surface area contributed by atoms with Crippen molar-refractivity contribution in [1.29, 1.82) is 0 Å². The summed E-state index contributed by atoms with van der Waals surface area (Å²) in [6, 6.07) is 20.9. The summed E-state index contributed by atoms with van der Waals surface area (Å²) in [6.45, 7) is 12.1. The Morgan fingerprint density at radius 2 is 1.74 bits per heavy atom. The van der Waals surface area contributed by atoms with Gasteiger partial charge in [0.25, 0.3) is 0 Å². The van der Waals surface area contributed by atoms with Gasteiger partial charge in [-0.2, -0.15) is 0 Å². The Kier molecular flexibility index (Phi) is 7.56. The van der Waals surface area contributed by atoms with Crippen molar-refractivity contribution < 1.29 is 4.79 Å². The monoisotopic (exact) mass is 417 g/mol. The fourth-order valence-electron chi connectivity index (χ4n) is 3.75. The first-order chi connectivity index (χ1) is 14.9. The van der Waals surface area contributed by atoms with Crippen LogP contribution in [0.2, 0.25) is 0 Å². The van der Waals surface area contributed by atoms with E-state index in [1.165, 1.54) is 16.7 Å². The highest BCUT2D eigenvalue weighted by atomic mass is 16.2. The molecular weight excluding hydrogens is 382 g/mol. The van der Waals surface area contributed by atoms with Gasteiger partial charge in [-0.1, -0.05) is 62.7 Å². The second-order valence-corrected chi connectivity index (χ2v) is 8.71. The molecule has 0 aliphatic heterocycles. The molecule has 0 radical (unpaired) electrons. The number of amides is 2. The number of hydrogen-bond acceptors (Lipinski definition) is 1. The summed E-state index contributed by atoms with van der Waals surface area (Å²) in [5.41, 5.74) is 5.72. The Hall–Kier alpha value is -3.01. The molecule has 0 fully saturated rings. The Bertz CT molecular complexity index is 1000. The van der Waals surface area contributed by atoms with Crippen molar-refractivity contribution in [1.82, 2.24) is 9.47 Å². The number of nitrogens with one attached hydrogen (secondary N) is 1. The summed E-state index contributed by atoms with van der Waals surface area (Å²) in [5.74, 6) is 0.355. The smallest absolute Gasteiger partial charge is 0.322 e. The molecule has 0 bridgehead atoms. The molecule has 31 heavy (non-hydrogen) atoms. The second kappa shape index (κ2) is 10.3. The van der Waals surface area contributed by atoms with Crippen LogP contribution in [0.3, 0.4) is 0 Å². The first kappa shape index (κ1) is 22.7. The van der Waals surface area contributed by atoms with Crippen LogP contribution in [0.1, 0.15) is 50.1 Å². The first-order valence-corrected chi connectivity index (χ1v) is 11.2. The minimum absolute atomic E-state index is 0.0576. The number of rotatable bonds is 8. The van der Waals surface area contributed by atoms with E-state index in [9.17, 15) is 4.79 Å². The molecule has 3 aromatic rings. The van der Waals surface area contributed by atoms with E-state index in [4.69, 9.17) is 0 Å². The summed E-state index contributed by atoms with van der Waals surface area (Å²) in [4.78, 5) is 15.3. The van der Waals surface area contributed by atoms with Gasteiger partial charge in [-0.25, -0.2) is 4.79 Å². The van der Waals surface area contributed by atoms with E-state index >= 15 is 0 Å². The van der Waals surface area contributed by atoms with E-state index in [0.717, 1.165) is 24.3 Å². The maximum atomic E-state index is 13.3. The van der Waals surface area contributed by atoms with Crippen LogP contribution >= 0.6 is 0 Å². The standard InChI is InChI=1S/C27H35N3O/c1-6-23-11-8-13-25(17-23)28-27(31)30(22(5)20(2)3)19-26-14-9-15-29(26)18-24-12-7-10-21(4)16-24/h7-17,20,22H,6,18-19H2,1-5H3,(H,28,31).